The number of likely N-dealkylation sites (tertiary alicyclic amines) is 1. The number of aromatic nitrogens is 3. The molecule has 0 bridgehead atoms. The molecule has 0 saturated carbocycles. The fourth-order valence-corrected chi connectivity index (χ4v) is 4.95. The van der Waals surface area contributed by atoms with Gasteiger partial charge >= 0.3 is 0 Å². The molecule has 164 valence electrons. The van der Waals surface area contributed by atoms with Crippen LogP contribution in [0.4, 0.5) is 0 Å². The first-order valence-corrected chi connectivity index (χ1v) is 11.2. The first-order chi connectivity index (χ1) is 15.3. The lowest BCUT2D eigenvalue weighted by molar-refractivity contribution is 0.0623. The molecule has 2 aromatic heterocycles. The standard InChI is InChI=1S/C26H28N4O2/c1-15-9-16(2)14-29(13-15)25(31)19-6-8-23-21(11-19)24-22(12-27-23)26(32)30(28-24)20-7-5-17(3)18(4)10-20/h5-8,10-12,15-16,28H,9,13-14H2,1-4H3/t15-,16+. The fraction of sp³-hybridized carbons (Fsp3) is 0.346. The molecule has 0 spiro atoms. The minimum absolute atomic E-state index is 0.0400. The zero-order valence-corrected chi connectivity index (χ0v) is 19.0. The van der Waals surface area contributed by atoms with Gasteiger partial charge in [-0.3, -0.25) is 19.7 Å². The smallest absolute Gasteiger partial charge is 0.280 e. The van der Waals surface area contributed by atoms with E-state index < -0.39 is 0 Å². The molecule has 32 heavy (non-hydrogen) atoms. The highest BCUT2D eigenvalue weighted by Crippen LogP contribution is 2.26. The van der Waals surface area contributed by atoms with Gasteiger partial charge in [-0.15, -0.1) is 0 Å². The largest absolute Gasteiger partial charge is 0.338 e. The molecular weight excluding hydrogens is 400 g/mol. The maximum atomic E-state index is 13.3. The number of nitrogens with one attached hydrogen (secondary N) is 1. The number of carbonyl (C=O) groups excluding carboxylic acids is 1. The Balaban J connectivity index is 1.62. The number of hydrogen-bond acceptors (Lipinski definition) is 3. The second-order valence-corrected chi connectivity index (χ2v) is 9.46. The van der Waals surface area contributed by atoms with Gasteiger partial charge in [0.1, 0.15) is 0 Å². The summed E-state index contributed by atoms with van der Waals surface area (Å²) in [6.45, 7) is 10.0. The Morgan fingerprint density at radius 1 is 1.00 bits per heavy atom. The molecule has 1 aliphatic heterocycles. The quantitative estimate of drug-likeness (QED) is 0.507. The Kier molecular flexibility index (Phi) is 4.88. The molecule has 0 aliphatic carbocycles. The lowest BCUT2D eigenvalue weighted by Crippen LogP contribution is -2.42. The third kappa shape index (κ3) is 3.40. The van der Waals surface area contributed by atoms with Crippen molar-refractivity contribution >= 4 is 27.7 Å². The van der Waals surface area contributed by atoms with Crippen molar-refractivity contribution < 1.29 is 4.79 Å². The Morgan fingerprint density at radius 3 is 2.47 bits per heavy atom. The van der Waals surface area contributed by atoms with E-state index in [-0.39, 0.29) is 11.5 Å². The third-order valence-electron chi connectivity index (χ3n) is 6.68. The highest BCUT2D eigenvalue weighted by atomic mass is 16.2. The molecule has 2 aromatic carbocycles. The number of pyridine rings is 1. The lowest BCUT2D eigenvalue weighted by atomic mass is 9.91. The molecule has 6 heteroatoms. The Bertz CT molecular complexity index is 1400. The zero-order chi connectivity index (χ0) is 22.6. The van der Waals surface area contributed by atoms with Gasteiger partial charge in [-0.25, -0.2) is 4.68 Å². The monoisotopic (exact) mass is 428 g/mol. The number of amides is 1. The van der Waals surface area contributed by atoms with Crippen LogP contribution in [0.25, 0.3) is 27.5 Å². The van der Waals surface area contributed by atoms with Gasteiger partial charge in [-0.2, -0.15) is 0 Å². The third-order valence-corrected chi connectivity index (χ3v) is 6.68. The summed E-state index contributed by atoms with van der Waals surface area (Å²) in [6, 6.07) is 11.5. The van der Waals surface area contributed by atoms with Gasteiger partial charge in [0.15, 0.2) is 0 Å². The van der Waals surface area contributed by atoms with E-state index in [1.165, 1.54) is 5.56 Å². The molecule has 1 amide bonds. The maximum Gasteiger partial charge on any atom is 0.280 e. The molecule has 0 radical (unpaired) electrons. The normalized spacial score (nSPS) is 19.1. The second-order valence-electron chi connectivity index (χ2n) is 9.46. The highest BCUT2D eigenvalue weighted by molar-refractivity contribution is 6.06. The fourth-order valence-electron chi connectivity index (χ4n) is 4.95. The van der Waals surface area contributed by atoms with Crippen LogP contribution in [0.2, 0.25) is 0 Å². The molecule has 1 fully saturated rings. The van der Waals surface area contributed by atoms with Crippen LogP contribution in [0.1, 0.15) is 41.8 Å². The number of rotatable bonds is 2. The minimum atomic E-state index is -0.145. The molecule has 4 aromatic rings. The lowest BCUT2D eigenvalue weighted by Gasteiger charge is -2.35. The maximum absolute atomic E-state index is 13.3. The van der Waals surface area contributed by atoms with E-state index in [1.807, 2.05) is 55.1 Å². The van der Waals surface area contributed by atoms with Crippen molar-refractivity contribution in [1.29, 1.82) is 0 Å². The highest BCUT2D eigenvalue weighted by Gasteiger charge is 2.26. The zero-order valence-electron chi connectivity index (χ0n) is 19.0. The van der Waals surface area contributed by atoms with E-state index in [4.69, 9.17) is 0 Å². The second kappa shape index (κ2) is 7.62. The average molecular weight is 429 g/mol. The Hall–Kier alpha value is -3.41. The van der Waals surface area contributed by atoms with Crippen LogP contribution >= 0.6 is 0 Å². The number of piperidine rings is 1. The van der Waals surface area contributed by atoms with Crippen molar-refractivity contribution in [3.8, 4) is 5.69 Å². The predicted octanol–water partition coefficient (Wildman–Crippen LogP) is 4.60. The van der Waals surface area contributed by atoms with Gasteiger partial charge in [0.05, 0.1) is 22.1 Å². The summed E-state index contributed by atoms with van der Waals surface area (Å²) < 4.78 is 1.56. The molecule has 1 N–H and O–H groups in total. The van der Waals surface area contributed by atoms with E-state index in [0.29, 0.717) is 28.3 Å². The summed E-state index contributed by atoms with van der Waals surface area (Å²) in [6.07, 6.45) is 2.77. The van der Waals surface area contributed by atoms with Gasteiger partial charge < -0.3 is 4.90 Å². The van der Waals surface area contributed by atoms with Gasteiger partial charge in [0.2, 0.25) is 0 Å². The number of hydrogen-bond donors (Lipinski definition) is 1. The molecular formula is C26H28N4O2. The van der Waals surface area contributed by atoms with Gasteiger partial charge in [-0.05, 0) is 73.6 Å². The van der Waals surface area contributed by atoms with Crippen LogP contribution in [0.5, 0.6) is 0 Å². The van der Waals surface area contributed by atoms with Crippen LogP contribution in [0.15, 0.2) is 47.4 Å². The van der Waals surface area contributed by atoms with E-state index in [2.05, 4.69) is 23.9 Å². The molecule has 1 saturated heterocycles. The number of fused-ring (bicyclic) bond motifs is 3. The average Bonchev–Trinajstić information content (AvgIpc) is 3.11. The summed E-state index contributed by atoms with van der Waals surface area (Å²) in [5.74, 6) is 1.04. The summed E-state index contributed by atoms with van der Waals surface area (Å²) in [5, 5.41) is 4.57. The van der Waals surface area contributed by atoms with Crippen LogP contribution < -0.4 is 5.56 Å². The molecule has 6 nitrogen and oxygen atoms in total. The molecule has 2 atom stereocenters. The van der Waals surface area contributed by atoms with E-state index in [0.717, 1.165) is 41.7 Å². The number of benzene rings is 2. The van der Waals surface area contributed by atoms with Gasteiger partial charge in [0, 0.05) is 30.2 Å². The van der Waals surface area contributed by atoms with Crippen molar-refractivity contribution in [3.63, 3.8) is 0 Å². The van der Waals surface area contributed by atoms with Gasteiger partial charge in [-0.1, -0.05) is 19.9 Å². The van der Waals surface area contributed by atoms with E-state index in [1.54, 1.807) is 10.9 Å². The first-order valence-electron chi connectivity index (χ1n) is 11.2. The summed E-state index contributed by atoms with van der Waals surface area (Å²) in [7, 11) is 0. The van der Waals surface area contributed by atoms with E-state index in [9.17, 15) is 9.59 Å². The Morgan fingerprint density at radius 2 is 1.75 bits per heavy atom. The number of aromatic amines is 1. The van der Waals surface area contributed by atoms with Gasteiger partial charge in [0.25, 0.3) is 11.5 Å². The van der Waals surface area contributed by atoms with Crippen molar-refractivity contribution in [1.82, 2.24) is 19.7 Å². The molecule has 3 heterocycles. The molecule has 1 aliphatic rings. The van der Waals surface area contributed by atoms with Crippen molar-refractivity contribution in [2.45, 2.75) is 34.1 Å². The summed E-state index contributed by atoms with van der Waals surface area (Å²) in [4.78, 5) is 32.8. The van der Waals surface area contributed by atoms with Crippen molar-refractivity contribution in [3.05, 3.63) is 69.6 Å². The topological polar surface area (TPSA) is 71.0 Å². The number of aryl methyl sites for hydroxylation is 2. The van der Waals surface area contributed by atoms with Crippen LogP contribution in [0, 0.1) is 25.7 Å². The summed E-state index contributed by atoms with van der Waals surface area (Å²) in [5.41, 5.74) is 5.02. The SMILES string of the molecule is Cc1ccc(-n2[nH]c3c(cnc4ccc(C(=O)N5C[C@H](C)C[C@H](C)C5)cc43)c2=O)cc1C. The first kappa shape index (κ1) is 20.5. The minimum Gasteiger partial charge on any atom is -0.338 e. The number of carbonyl (C=O) groups is 1. The number of H-pyrrole nitrogens is 1. The van der Waals surface area contributed by atoms with Crippen LogP contribution in [0.3, 0.4) is 0 Å². The Labute approximate surface area is 186 Å². The summed E-state index contributed by atoms with van der Waals surface area (Å²) >= 11 is 0. The van der Waals surface area contributed by atoms with Crippen LogP contribution in [-0.4, -0.2) is 38.7 Å². The van der Waals surface area contributed by atoms with Crippen molar-refractivity contribution in [2.24, 2.45) is 11.8 Å². The molecule has 0 unspecified atom stereocenters. The van der Waals surface area contributed by atoms with E-state index >= 15 is 0 Å². The predicted molar refractivity (Wildman–Crippen MR) is 128 cm³/mol. The molecule has 5 rings (SSSR count). The van der Waals surface area contributed by atoms with Crippen molar-refractivity contribution in [2.75, 3.05) is 13.1 Å². The number of nitrogens with zero attached hydrogens (tertiary/aromatic N) is 3. The van der Waals surface area contributed by atoms with Crippen LogP contribution in [-0.2, 0) is 0 Å².